The first-order chi connectivity index (χ1) is 15.1. The Balaban J connectivity index is 1.58. The predicted molar refractivity (Wildman–Crippen MR) is 119 cm³/mol. The Morgan fingerprint density at radius 3 is 2.28 bits per heavy atom. The van der Waals surface area contributed by atoms with E-state index < -0.39 is 20.0 Å². The number of sulfonamides is 2. The Morgan fingerprint density at radius 2 is 1.69 bits per heavy atom. The van der Waals surface area contributed by atoms with Crippen LogP contribution in [0.1, 0.15) is 24.0 Å². The van der Waals surface area contributed by atoms with Gasteiger partial charge in [0.05, 0.1) is 28.5 Å². The van der Waals surface area contributed by atoms with Gasteiger partial charge in [-0.3, -0.25) is 9.52 Å². The first-order valence-electron chi connectivity index (χ1n) is 9.94. The van der Waals surface area contributed by atoms with Crippen LogP contribution in [0.4, 0.5) is 5.69 Å². The average Bonchev–Trinajstić information content (AvgIpc) is 2.77. The van der Waals surface area contributed by atoms with Crippen molar-refractivity contribution < 1.29 is 21.6 Å². The van der Waals surface area contributed by atoms with E-state index in [1.165, 1.54) is 28.6 Å². The second kappa shape index (κ2) is 9.68. The number of piperidine rings is 1. The third-order valence-corrected chi connectivity index (χ3v) is 7.72. The van der Waals surface area contributed by atoms with Crippen molar-refractivity contribution in [3.63, 3.8) is 0 Å². The van der Waals surface area contributed by atoms with Gasteiger partial charge >= 0.3 is 0 Å². The fourth-order valence-corrected chi connectivity index (χ4v) is 5.58. The molecule has 0 bridgehead atoms. The second-order valence-corrected chi connectivity index (χ2v) is 11.3. The monoisotopic (exact) mass is 476 g/mol. The quantitative estimate of drug-likeness (QED) is 0.623. The number of hydrogen-bond donors (Lipinski definition) is 2. The molecular weight excluding hydrogens is 452 g/mol. The zero-order valence-electron chi connectivity index (χ0n) is 17.5. The molecule has 1 aliphatic rings. The molecule has 0 atom stereocenters. The lowest BCUT2D eigenvalue weighted by molar-refractivity contribution is -0.126. The normalized spacial score (nSPS) is 15.6. The highest BCUT2D eigenvalue weighted by Crippen LogP contribution is 2.24. The van der Waals surface area contributed by atoms with Gasteiger partial charge in [0, 0.05) is 25.6 Å². The third-order valence-electron chi connectivity index (χ3n) is 5.21. The summed E-state index contributed by atoms with van der Waals surface area (Å²) in [4.78, 5) is 12.7. The molecule has 2 aromatic carbocycles. The van der Waals surface area contributed by atoms with Gasteiger partial charge in [0.2, 0.25) is 26.0 Å². The van der Waals surface area contributed by atoms with Gasteiger partial charge in [-0.1, -0.05) is 18.2 Å². The number of carbonyl (C=O) groups is 1. The number of para-hydroxylation sites is 1. The van der Waals surface area contributed by atoms with E-state index in [0.29, 0.717) is 29.7 Å². The first-order valence-corrected chi connectivity index (χ1v) is 13.3. The zero-order valence-corrected chi connectivity index (χ0v) is 19.1. The molecule has 0 aromatic heterocycles. The van der Waals surface area contributed by atoms with Crippen molar-refractivity contribution in [2.75, 3.05) is 24.1 Å². The molecule has 0 saturated carbocycles. The smallest absolute Gasteiger partial charge is 0.243 e. The molecule has 1 fully saturated rings. The minimum absolute atomic E-state index is 0.120. The topological polar surface area (TPSA) is 136 Å². The van der Waals surface area contributed by atoms with Crippen LogP contribution in [-0.4, -0.2) is 46.4 Å². The number of rotatable bonds is 7. The van der Waals surface area contributed by atoms with Crippen LogP contribution in [0.3, 0.4) is 0 Å². The Kier molecular flexibility index (Phi) is 7.18. The highest BCUT2D eigenvalue weighted by atomic mass is 32.2. The molecule has 3 rings (SSSR count). The van der Waals surface area contributed by atoms with Gasteiger partial charge in [-0.15, -0.1) is 0 Å². The van der Waals surface area contributed by atoms with Crippen LogP contribution in [0.15, 0.2) is 53.4 Å². The predicted octanol–water partition coefficient (Wildman–Crippen LogP) is 1.65. The molecule has 0 radical (unpaired) electrons. The lowest BCUT2D eigenvalue weighted by Gasteiger charge is -2.30. The highest BCUT2D eigenvalue weighted by Gasteiger charge is 2.32. The van der Waals surface area contributed by atoms with Crippen molar-refractivity contribution >= 4 is 31.6 Å². The van der Waals surface area contributed by atoms with Crippen LogP contribution < -0.4 is 10.0 Å². The molecule has 1 amide bonds. The summed E-state index contributed by atoms with van der Waals surface area (Å²) in [6.45, 7) is 0.584. The number of nitrogens with one attached hydrogen (secondary N) is 2. The van der Waals surface area contributed by atoms with E-state index in [4.69, 9.17) is 5.26 Å². The highest BCUT2D eigenvalue weighted by molar-refractivity contribution is 7.92. The van der Waals surface area contributed by atoms with E-state index in [9.17, 15) is 21.6 Å². The molecule has 11 heteroatoms. The number of nitriles is 1. The Labute approximate surface area is 188 Å². The van der Waals surface area contributed by atoms with Crippen molar-refractivity contribution in [1.29, 1.82) is 5.26 Å². The summed E-state index contributed by atoms with van der Waals surface area (Å²) in [5.41, 5.74) is 1.42. The van der Waals surface area contributed by atoms with Crippen LogP contribution in [-0.2, 0) is 31.4 Å². The van der Waals surface area contributed by atoms with E-state index in [2.05, 4.69) is 10.0 Å². The van der Waals surface area contributed by atoms with Crippen molar-refractivity contribution in [3.05, 3.63) is 59.7 Å². The number of carbonyl (C=O) groups excluding carboxylic acids is 1. The van der Waals surface area contributed by atoms with E-state index in [1.54, 1.807) is 24.3 Å². The van der Waals surface area contributed by atoms with E-state index in [1.807, 2.05) is 6.07 Å². The molecule has 1 aliphatic heterocycles. The van der Waals surface area contributed by atoms with E-state index >= 15 is 0 Å². The minimum atomic E-state index is -3.69. The summed E-state index contributed by atoms with van der Waals surface area (Å²) in [7, 11) is -7.13. The maximum absolute atomic E-state index is 12.8. The standard InChI is InChI=1S/C21H24N4O5S2/c1-31(27,28)24-20-5-3-2-4-18(20)15-23-21(26)17-10-12-25(13-11-17)32(29,30)19-8-6-16(14-22)7-9-19/h2-9,17,24H,10-13,15H2,1H3,(H,23,26). The summed E-state index contributed by atoms with van der Waals surface area (Å²) >= 11 is 0. The molecule has 0 spiro atoms. The van der Waals surface area contributed by atoms with Gasteiger partial charge in [0.15, 0.2) is 0 Å². The van der Waals surface area contributed by atoms with Crippen LogP contribution >= 0.6 is 0 Å². The van der Waals surface area contributed by atoms with Crippen LogP contribution in [0.5, 0.6) is 0 Å². The molecule has 9 nitrogen and oxygen atoms in total. The van der Waals surface area contributed by atoms with Crippen molar-refractivity contribution in [2.24, 2.45) is 5.92 Å². The molecule has 2 aromatic rings. The lowest BCUT2D eigenvalue weighted by atomic mass is 9.97. The van der Waals surface area contributed by atoms with Crippen molar-refractivity contribution in [2.45, 2.75) is 24.3 Å². The Bertz CT molecular complexity index is 1230. The van der Waals surface area contributed by atoms with Gasteiger partial charge in [-0.25, -0.2) is 16.8 Å². The molecule has 0 unspecified atom stereocenters. The molecule has 1 heterocycles. The SMILES string of the molecule is CS(=O)(=O)Nc1ccccc1CNC(=O)C1CCN(S(=O)(=O)c2ccc(C#N)cc2)CC1. The maximum atomic E-state index is 12.8. The molecule has 0 aliphatic carbocycles. The van der Waals surface area contributed by atoms with Gasteiger partial charge < -0.3 is 5.32 Å². The van der Waals surface area contributed by atoms with Gasteiger partial charge in [-0.2, -0.15) is 9.57 Å². The Morgan fingerprint density at radius 1 is 1.06 bits per heavy atom. The summed E-state index contributed by atoms with van der Waals surface area (Å²) < 4.78 is 52.4. The number of nitrogens with zero attached hydrogens (tertiary/aromatic N) is 2. The molecule has 2 N–H and O–H groups in total. The van der Waals surface area contributed by atoms with Crippen molar-refractivity contribution in [3.8, 4) is 6.07 Å². The molecule has 170 valence electrons. The van der Waals surface area contributed by atoms with Crippen LogP contribution in [0, 0.1) is 17.2 Å². The fraction of sp³-hybridized carbons (Fsp3) is 0.333. The van der Waals surface area contributed by atoms with Crippen LogP contribution in [0.2, 0.25) is 0 Å². The number of anilines is 1. The summed E-state index contributed by atoms with van der Waals surface area (Å²) in [6.07, 6.45) is 1.82. The first kappa shape index (κ1) is 23.7. The summed E-state index contributed by atoms with van der Waals surface area (Å²) in [5.74, 6) is -0.535. The zero-order chi connectivity index (χ0) is 23.4. The van der Waals surface area contributed by atoms with Crippen LogP contribution in [0.25, 0.3) is 0 Å². The average molecular weight is 477 g/mol. The van der Waals surface area contributed by atoms with Gasteiger partial charge in [-0.05, 0) is 48.7 Å². The van der Waals surface area contributed by atoms with Gasteiger partial charge in [0.1, 0.15) is 0 Å². The Hall–Kier alpha value is -2.94. The maximum Gasteiger partial charge on any atom is 0.243 e. The number of benzene rings is 2. The van der Waals surface area contributed by atoms with E-state index in [0.717, 1.165) is 6.26 Å². The van der Waals surface area contributed by atoms with Gasteiger partial charge in [0.25, 0.3) is 0 Å². The lowest BCUT2D eigenvalue weighted by Crippen LogP contribution is -2.42. The molecule has 32 heavy (non-hydrogen) atoms. The largest absolute Gasteiger partial charge is 0.352 e. The molecular formula is C21H24N4O5S2. The summed E-state index contributed by atoms with van der Waals surface area (Å²) in [5, 5.41) is 11.7. The number of hydrogen-bond acceptors (Lipinski definition) is 6. The van der Waals surface area contributed by atoms with Crippen molar-refractivity contribution in [1.82, 2.24) is 9.62 Å². The summed E-state index contributed by atoms with van der Waals surface area (Å²) in [6, 6.07) is 14.5. The fourth-order valence-electron chi connectivity index (χ4n) is 3.51. The third kappa shape index (κ3) is 5.85. The second-order valence-electron chi connectivity index (χ2n) is 7.56. The minimum Gasteiger partial charge on any atom is -0.352 e. The molecule has 1 saturated heterocycles. The van der Waals surface area contributed by atoms with E-state index in [-0.39, 0.29) is 36.4 Å². The number of amides is 1.